The minimum atomic E-state index is 0.747. The van der Waals surface area contributed by atoms with Gasteiger partial charge in [0.1, 0.15) is 0 Å². The number of piperidine rings is 1. The molecule has 0 aromatic carbocycles. The van der Waals surface area contributed by atoms with Crippen molar-refractivity contribution in [1.82, 2.24) is 10.2 Å². The molecule has 0 amide bonds. The van der Waals surface area contributed by atoms with Crippen molar-refractivity contribution in [3.8, 4) is 0 Å². The average Bonchev–Trinajstić information content (AvgIpc) is 2.94. The van der Waals surface area contributed by atoms with Gasteiger partial charge in [0.25, 0.3) is 0 Å². The van der Waals surface area contributed by atoms with Crippen molar-refractivity contribution in [3.63, 3.8) is 0 Å². The molecule has 2 unspecified atom stereocenters. The van der Waals surface area contributed by atoms with Crippen molar-refractivity contribution in [1.29, 1.82) is 0 Å². The second-order valence-electron chi connectivity index (χ2n) is 5.45. The van der Waals surface area contributed by atoms with Gasteiger partial charge in [0.2, 0.25) is 0 Å². The summed E-state index contributed by atoms with van der Waals surface area (Å²) in [5.41, 5.74) is 0. The molecular weight excluding hydrogens is 228 g/mol. The van der Waals surface area contributed by atoms with Crippen LogP contribution in [0.3, 0.4) is 0 Å². The lowest BCUT2D eigenvalue weighted by molar-refractivity contribution is 0.166. The van der Waals surface area contributed by atoms with Crippen molar-refractivity contribution >= 4 is 11.3 Å². The molecule has 3 heterocycles. The summed E-state index contributed by atoms with van der Waals surface area (Å²) in [7, 11) is 0. The summed E-state index contributed by atoms with van der Waals surface area (Å²) in [6, 6.07) is 6.11. The molecule has 2 fully saturated rings. The van der Waals surface area contributed by atoms with Crippen LogP contribution >= 0.6 is 11.3 Å². The Bertz CT molecular complexity index is 374. The van der Waals surface area contributed by atoms with E-state index in [4.69, 9.17) is 0 Å². The van der Waals surface area contributed by atoms with E-state index in [0.29, 0.717) is 0 Å². The van der Waals surface area contributed by atoms with Gasteiger partial charge in [-0.25, -0.2) is 0 Å². The summed E-state index contributed by atoms with van der Waals surface area (Å²) in [5, 5.41) is 3.75. The quantitative estimate of drug-likeness (QED) is 0.887. The highest BCUT2D eigenvalue weighted by Crippen LogP contribution is 2.27. The molecule has 2 aliphatic heterocycles. The van der Waals surface area contributed by atoms with E-state index in [0.717, 1.165) is 18.6 Å². The molecule has 0 bridgehead atoms. The van der Waals surface area contributed by atoms with Gasteiger partial charge in [-0.05, 0) is 57.8 Å². The fourth-order valence-corrected chi connectivity index (χ4v) is 4.08. The van der Waals surface area contributed by atoms with Crippen molar-refractivity contribution in [2.75, 3.05) is 13.1 Å². The van der Waals surface area contributed by atoms with Crippen molar-refractivity contribution < 1.29 is 0 Å². The minimum absolute atomic E-state index is 0.747. The monoisotopic (exact) mass is 250 g/mol. The van der Waals surface area contributed by atoms with Gasteiger partial charge in [-0.2, -0.15) is 0 Å². The number of fused-ring (bicyclic) bond motifs is 1. The van der Waals surface area contributed by atoms with E-state index in [-0.39, 0.29) is 0 Å². The zero-order valence-electron chi connectivity index (χ0n) is 10.6. The Morgan fingerprint density at radius 2 is 2.29 bits per heavy atom. The number of hydrogen-bond acceptors (Lipinski definition) is 3. The van der Waals surface area contributed by atoms with Crippen LogP contribution in [-0.4, -0.2) is 30.1 Å². The number of aryl methyl sites for hydroxylation is 1. The summed E-state index contributed by atoms with van der Waals surface area (Å²) in [6.45, 7) is 5.91. The zero-order valence-corrected chi connectivity index (χ0v) is 11.4. The van der Waals surface area contributed by atoms with E-state index >= 15 is 0 Å². The maximum absolute atomic E-state index is 3.75. The molecule has 94 valence electrons. The Kier molecular flexibility index (Phi) is 3.50. The van der Waals surface area contributed by atoms with Crippen LogP contribution in [0, 0.1) is 6.92 Å². The van der Waals surface area contributed by atoms with E-state index in [1.165, 1.54) is 48.5 Å². The third-order valence-electron chi connectivity index (χ3n) is 4.18. The number of hydrogen-bond donors (Lipinski definition) is 1. The highest BCUT2D eigenvalue weighted by molar-refractivity contribution is 7.11. The highest BCUT2D eigenvalue weighted by atomic mass is 32.1. The first-order chi connectivity index (χ1) is 8.31. The molecule has 2 aliphatic rings. The van der Waals surface area contributed by atoms with E-state index in [1.54, 1.807) is 0 Å². The van der Waals surface area contributed by atoms with Crippen LogP contribution in [0.4, 0.5) is 0 Å². The Labute approximate surface area is 108 Å². The van der Waals surface area contributed by atoms with Crippen LogP contribution in [0.5, 0.6) is 0 Å². The smallest absolute Gasteiger partial charge is 0.0302 e. The first-order valence-corrected chi connectivity index (χ1v) is 7.65. The molecule has 0 radical (unpaired) electrons. The average molecular weight is 250 g/mol. The SMILES string of the molecule is Cc1ccc(CNC2CCN3CCCC3C2)s1. The van der Waals surface area contributed by atoms with Crippen molar-refractivity contribution in [2.45, 2.75) is 51.2 Å². The highest BCUT2D eigenvalue weighted by Gasteiger charge is 2.31. The van der Waals surface area contributed by atoms with Crippen molar-refractivity contribution in [3.05, 3.63) is 21.9 Å². The third kappa shape index (κ3) is 2.72. The van der Waals surface area contributed by atoms with E-state index in [1.807, 2.05) is 11.3 Å². The molecule has 0 aliphatic carbocycles. The van der Waals surface area contributed by atoms with Gasteiger partial charge in [-0.15, -0.1) is 11.3 Å². The summed E-state index contributed by atoms with van der Waals surface area (Å²) in [4.78, 5) is 5.59. The van der Waals surface area contributed by atoms with Gasteiger partial charge in [-0.1, -0.05) is 0 Å². The zero-order chi connectivity index (χ0) is 11.7. The van der Waals surface area contributed by atoms with Gasteiger partial charge in [0.15, 0.2) is 0 Å². The first-order valence-electron chi connectivity index (χ1n) is 6.84. The van der Waals surface area contributed by atoms with Gasteiger partial charge >= 0.3 is 0 Å². The van der Waals surface area contributed by atoms with E-state index in [9.17, 15) is 0 Å². The molecule has 1 aromatic rings. The lowest BCUT2D eigenvalue weighted by atomic mass is 9.97. The molecule has 3 rings (SSSR count). The lowest BCUT2D eigenvalue weighted by Gasteiger charge is -2.35. The van der Waals surface area contributed by atoms with Crippen LogP contribution in [-0.2, 0) is 6.54 Å². The van der Waals surface area contributed by atoms with Gasteiger partial charge in [0, 0.05) is 28.4 Å². The predicted molar refractivity (Wildman–Crippen MR) is 73.5 cm³/mol. The number of nitrogens with zero attached hydrogens (tertiary/aromatic N) is 1. The molecular formula is C14H22N2S. The van der Waals surface area contributed by atoms with E-state index < -0.39 is 0 Å². The number of thiophene rings is 1. The minimum Gasteiger partial charge on any atom is -0.309 e. The fraction of sp³-hybridized carbons (Fsp3) is 0.714. The normalized spacial score (nSPS) is 29.5. The lowest BCUT2D eigenvalue weighted by Crippen LogP contribution is -2.45. The van der Waals surface area contributed by atoms with Crippen LogP contribution in [0.15, 0.2) is 12.1 Å². The topological polar surface area (TPSA) is 15.3 Å². The number of nitrogens with one attached hydrogen (secondary N) is 1. The third-order valence-corrected chi connectivity index (χ3v) is 5.18. The molecule has 1 N–H and O–H groups in total. The van der Waals surface area contributed by atoms with Gasteiger partial charge in [0.05, 0.1) is 0 Å². The van der Waals surface area contributed by atoms with Gasteiger partial charge in [-0.3, -0.25) is 0 Å². The maximum atomic E-state index is 3.75. The molecule has 17 heavy (non-hydrogen) atoms. The fourth-order valence-electron chi connectivity index (χ4n) is 3.23. The summed E-state index contributed by atoms with van der Waals surface area (Å²) in [6.07, 6.45) is 5.54. The second-order valence-corrected chi connectivity index (χ2v) is 6.82. The van der Waals surface area contributed by atoms with Crippen LogP contribution in [0.25, 0.3) is 0 Å². The maximum Gasteiger partial charge on any atom is 0.0302 e. The molecule has 0 spiro atoms. The van der Waals surface area contributed by atoms with Gasteiger partial charge < -0.3 is 10.2 Å². The first kappa shape index (κ1) is 11.7. The molecule has 2 saturated heterocycles. The molecule has 2 atom stereocenters. The summed E-state index contributed by atoms with van der Waals surface area (Å²) >= 11 is 1.92. The largest absolute Gasteiger partial charge is 0.309 e. The predicted octanol–water partition coefficient (Wildman–Crippen LogP) is 2.77. The summed E-state index contributed by atoms with van der Waals surface area (Å²) < 4.78 is 0. The standard InChI is InChI=1S/C14H22N2S/c1-11-4-5-14(17-11)10-15-12-6-8-16-7-2-3-13(16)9-12/h4-5,12-13,15H,2-3,6-10H2,1H3. The molecule has 1 aromatic heterocycles. The molecule has 2 nitrogen and oxygen atoms in total. The second kappa shape index (κ2) is 5.09. The summed E-state index contributed by atoms with van der Waals surface area (Å²) in [5.74, 6) is 0. The van der Waals surface area contributed by atoms with Crippen LogP contribution in [0.2, 0.25) is 0 Å². The molecule has 0 saturated carbocycles. The Morgan fingerprint density at radius 3 is 3.12 bits per heavy atom. The van der Waals surface area contributed by atoms with Crippen molar-refractivity contribution in [2.24, 2.45) is 0 Å². The Hall–Kier alpha value is -0.380. The van der Waals surface area contributed by atoms with E-state index in [2.05, 4.69) is 29.3 Å². The van der Waals surface area contributed by atoms with Crippen LogP contribution < -0.4 is 5.32 Å². The number of rotatable bonds is 3. The Balaban J connectivity index is 1.49. The Morgan fingerprint density at radius 1 is 1.35 bits per heavy atom. The molecule has 3 heteroatoms. The van der Waals surface area contributed by atoms with Crippen LogP contribution in [0.1, 0.15) is 35.4 Å².